The predicted octanol–water partition coefficient (Wildman–Crippen LogP) is 1.28. The molecule has 1 aromatic heterocycles. The molecule has 0 unspecified atom stereocenters. The molecule has 0 saturated heterocycles. The molecular formula is C11H17N3OS. The zero-order chi connectivity index (χ0) is 11.4. The highest BCUT2D eigenvalue weighted by Gasteiger charge is 2.25. The molecule has 88 valence electrons. The number of hydrogen-bond donors (Lipinski definition) is 2. The quantitative estimate of drug-likeness (QED) is 0.831. The second-order valence-corrected chi connectivity index (χ2v) is 5.24. The number of carbonyl (C=O) groups excluding carboxylic acids is 1. The Labute approximate surface area is 99.3 Å². The minimum atomic E-state index is 0.0950. The topological polar surface area (TPSA) is 68.0 Å². The lowest BCUT2D eigenvalue weighted by Crippen LogP contribution is -2.31. The van der Waals surface area contributed by atoms with Crippen molar-refractivity contribution >= 4 is 17.2 Å². The Morgan fingerprint density at radius 2 is 2.50 bits per heavy atom. The molecule has 4 nitrogen and oxygen atoms in total. The molecule has 1 amide bonds. The maximum Gasteiger partial charge on any atom is 0.220 e. The summed E-state index contributed by atoms with van der Waals surface area (Å²) < 4.78 is 0. The summed E-state index contributed by atoms with van der Waals surface area (Å²) in [5, 5.41) is 5.75. The summed E-state index contributed by atoms with van der Waals surface area (Å²) in [6.45, 7) is 0.540. The molecule has 0 aromatic carbocycles. The predicted molar refractivity (Wildman–Crippen MR) is 63.9 cm³/mol. The molecule has 1 aliphatic carbocycles. The lowest BCUT2D eigenvalue weighted by Gasteiger charge is -2.14. The van der Waals surface area contributed by atoms with Crippen molar-refractivity contribution < 1.29 is 4.79 Å². The SMILES string of the molecule is N[C@@H]1CCC[C@H]1CC(=O)NCc1nccs1. The molecule has 0 aliphatic heterocycles. The number of thiazole rings is 1. The third-order valence-corrected chi connectivity index (χ3v) is 3.87. The van der Waals surface area contributed by atoms with Gasteiger partial charge in [-0.3, -0.25) is 4.79 Å². The molecule has 1 aliphatic rings. The van der Waals surface area contributed by atoms with Gasteiger partial charge in [-0.1, -0.05) is 6.42 Å². The molecule has 1 saturated carbocycles. The van der Waals surface area contributed by atoms with Gasteiger partial charge in [-0.25, -0.2) is 4.98 Å². The average molecular weight is 239 g/mol. The number of nitrogens with zero attached hydrogens (tertiary/aromatic N) is 1. The number of rotatable bonds is 4. The first kappa shape index (κ1) is 11.5. The van der Waals surface area contributed by atoms with Crippen LogP contribution >= 0.6 is 11.3 Å². The van der Waals surface area contributed by atoms with Crippen LogP contribution < -0.4 is 11.1 Å². The molecule has 1 fully saturated rings. The van der Waals surface area contributed by atoms with Crippen molar-refractivity contribution in [1.29, 1.82) is 0 Å². The maximum absolute atomic E-state index is 11.6. The van der Waals surface area contributed by atoms with Crippen molar-refractivity contribution in [3.63, 3.8) is 0 Å². The fraction of sp³-hybridized carbons (Fsp3) is 0.636. The summed E-state index contributed by atoms with van der Waals surface area (Å²) in [6, 6.07) is 0.214. The van der Waals surface area contributed by atoms with Crippen LogP contribution in [0.5, 0.6) is 0 Å². The summed E-state index contributed by atoms with van der Waals surface area (Å²) in [6.07, 6.45) is 5.62. The van der Waals surface area contributed by atoms with E-state index in [0.29, 0.717) is 18.9 Å². The Hall–Kier alpha value is -0.940. The van der Waals surface area contributed by atoms with Crippen LogP contribution in [0.2, 0.25) is 0 Å². The molecule has 3 N–H and O–H groups in total. The van der Waals surface area contributed by atoms with Crippen LogP contribution in [0.1, 0.15) is 30.7 Å². The molecule has 0 bridgehead atoms. The Morgan fingerprint density at radius 1 is 1.62 bits per heavy atom. The van der Waals surface area contributed by atoms with Crippen LogP contribution in [-0.2, 0) is 11.3 Å². The van der Waals surface area contributed by atoms with Gasteiger partial charge < -0.3 is 11.1 Å². The van der Waals surface area contributed by atoms with Crippen LogP contribution in [0.3, 0.4) is 0 Å². The van der Waals surface area contributed by atoms with E-state index in [1.165, 1.54) is 0 Å². The maximum atomic E-state index is 11.6. The molecule has 0 radical (unpaired) electrons. The Kier molecular flexibility index (Phi) is 3.90. The highest BCUT2D eigenvalue weighted by Crippen LogP contribution is 2.26. The number of hydrogen-bond acceptors (Lipinski definition) is 4. The summed E-state index contributed by atoms with van der Waals surface area (Å²) in [7, 11) is 0. The van der Waals surface area contributed by atoms with Gasteiger partial charge in [0.1, 0.15) is 5.01 Å². The van der Waals surface area contributed by atoms with Crippen LogP contribution in [-0.4, -0.2) is 16.9 Å². The molecule has 0 spiro atoms. The fourth-order valence-electron chi connectivity index (χ4n) is 2.14. The second-order valence-electron chi connectivity index (χ2n) is 4.26. The third kappa shape index (κ3) is 3.02. The third-order valence-electron chi connectivity index (χ3n) is 3.09. The van der Waals surface area contributed by atoms with Crippen LogP contribution in [0.15, 0.2) is 11.6 Å². The summed E-state index contributed by atoms with van der Waals surface area (Å²) in [4.78, 5) is 15.8. The largest absolute Gasteiger partial charge is 0.350 e. The Bertz CT molecular complexity index is 339. The van der Waals surface area contributed by atoms with Crippen LogP contribution in [0, 0.1) is 5.92 Å². The highest BCUT2D eigenvalue weighted by atomic mass is 32.1. The monoisotopic (exact) mass is 239 g/mol. The normalized spacial score (nSPS) is 24.6. The molecule has 1 heterocycles. The Morgan fingerprint density at radius 3 is 3.12 bits per heavy atom. The van der Waals surface area contributed by atoms with E-state index in [4.69, 9.17) is 5.73 Å². The van der Waals surface area contributed by atoms with Crippen molar-refractivity contribution in [3.8, 4) is 0 Å². The van der Waals surface area contributed by atoms with Crippen LogP contribution in [0.25, 0.3) is 0 Å². The number of aromatic nitrogens is 1. The first-order chi connectivity index (χ1) is 7.75. The number of carbonyl (C=O) groups is 1. The van der Waals surface area contributed by atoms with E-state index in [1.54, 1.807) is 17.5 Å². The number of amides is 1. The van der Waals surface area contributed by atoms with Crippen molar-refractivity contribution in [3.05, 3.63) is 16.6 Å². The van der Waals surface area contributed by atoms with Crippen molar-refractivity contribution in [2.45, 2.75) is 38.3 Å². The van der Waals surface area contributed by atoms with E-state index in [0.717, 1.165) is 24.3 Å². The summed E-state index contributed by atoms with van der Waals surface area (Å²) in [5.41, 5.74) is 5.93. The standard InChI is InChI=1S/C11H17N3OS/c12-9-3-1-2-8(9)6-10(15)14-7-11-13-4-5-16-11/h4-5,8-9H,1-3,6-7,12H2,(H,14,15)/t8-,9+/m0/s1. The van der Waals surface area contributed by atoms with Crippen molar-refractivity contribution in [2.24, 2.45) is 11.7 Å². The number of nitrogens with one attached hydrogen (secondary N) is 1. The molecule has 16 heavy (non-hydrogen) atoms. The van der Waals surface area contributed by atoms with Gasteiger partial charge in [0.2, 0.25) is 5.91 Å². The van der Waals surface area contributed by atoms with Crippen molar-refractivity contribution in [1.82, 2.24) is 10.3 Å². The van der Waals surface area contributed by atoms with Gasteiger partial charge in [-0.2, -0.15) is 0 Å². The van der Waals surface area contributed by atoms with E-state index in [-0.39, 0.29) is 11.9 Å². The average Bonchev–Trinajstić information content (AvgIpc) is 2.88. The van der Waals surface area contributed by atoms with Gasteiger partial charge in [0.05, 0.1) is 6.54 Å². The van der Waals surface area contributed by atoms with E-state index in [9.17, 15) is 4.79 Å². The zero-order valence-corrected chi connectivity index (χ0v) is 10.0. The second kappa shape index (κ2) is 5.41. The minimum absolute atomic E-state index is 0.0950. The van der Waals surface area contributed by atoms with E-state index < -0.39 is 0 Å². The van der Waals surface area contributed by atoms with Gasteiger partial charge in [0.25, 0.3) is 0 Å². The molecule has 2 rings (SSSR count). The highest BCUT2D eigenvalue weighted by molar-refractivity contribution is 7.09. The van der Waals surface area contributed by atoms with E-state index in [2.05, 4.69) is 10.3 Å². The van der Waals surface area contributed by atoms with Gasteiger partial charge in [-0.05, 0) is 18.8 Å². The number of nitrogens with two attached hydrogens (primary N) is 1. The molecule has 2 atom stereocenters. The van der Waals surface area contributed by atoms with E-state index >= 15 is 0 Å². The lowest BCUT2D eigenvalue weighted by molar-refractivity contribution is -0.122. The molecule has 1 aromatic rings. The van der Waals surface area contributed by atoms with Crippen molar-refractivity contribution in [2.75, 3.05) is 0 Å². The van der Waals surface area contributed by atoms with E-state index in [1.807, 2.05) is 5.38 Å². The smallest absolute Gasteiger partial charge is 0.220 e. The summed E-state index contributed by atoms with van der Waals surface area (Å²) in [5.74, 6) is 0.467. The first-order valence-corrected chi connectivity index (χ1v) is 6.54. The van der Waals surface area contributed by atoms with Gasteiger partial charge in [0.15, 0.2) is 0 Å². The molecular weight excluding hydrogens is 222 g/mol. The lowest BCUT2D eigenvalue weighted by atomic mass is 10.00. The van der Waals surface area contributed by atoms with Gasteiger partial charge in [0, 0.05) is 24.0 Å². The van der Waals surface area contributed by atoms with Gasteiger partial charge >= 0.3 is 0 Å². The summed E-state index contributed by atoms with van der Waals surface area (Å²) >= 11 is 1.56. The Balaban J connectivity index is 1.72. The van der Waals surface area contributed by atoms with Crippen LogP contribution in [0.4, 0.5) is 0 Å². The first-order valence-electron chi connectivity index (χ1n) is 5.66. The fourth-order valence-corrected chi connectivity index (χ4v) is 2.70. The minimum Gasteiger partial charge on any atom is -0.350 e. The molecule has 5 heteroatoms. The van der Waals surface area contributed by atoms with Gasteiger partial charge in [-0.15, -0.1) is 11.3 Å². The zero-order valence-electron chi connectivity index (χ0n) is 9.19.